The SMILES string of the molecule is Cc1ccc(B2OC(C)(C)C(C)(C)O2)cc1-c1cc(C(N)=O)ccc1OCc1ccccc1. The lowest BCUT2D eigenvalue weighted by atomic mass is 9.77. The molecule has 1 heterocycles. The molecule has 2 N–H and O–H groups in total. The number of hydrogen-bond acceptors (Lipinski definition) is 4. The highest BCUT2D eigenvalue weighted by molar-refractivity contribution is 6.62. The smallest absolute Gasteiger partial charge is 0.488 e. The summed E-state index contributed by atoms with van der Waals surface area (Å²) < 4.78 is 18.7. The predicted octanol–water partition coefficient (Wildman–Crippen LogP) is 4.64. The van der Waals surface area contributed by atoms with Crippen molar-refractivity contribution >= 4 is 18.5 Å². The number of benzene rings is 3. The van der Waals surface area contributed by atoms with Crippen LogP contribution in [-0.2, 0) is 15.9 Å². The molecule has 0 spiro atoms. The molecule has 0 bridgehead atoms. The van der Waals surface area contributed by atoms with Gasteiger partial charge in [-0.1, -0.05) is 48.5 Å². The molecule has 1 aliphatic heterocycles. The lowest BCUT2D eigenvalue weighted by Gasteiger charge is -2.32. The summed E-state index contributed by atoms with van der Waals surface area (Å²) in [7, 11) is -0.484. The van der Waals surface area contributed by atoms with Gasteiger partial charge in [0, 0.05) is 11.1 Å². The van der Waals surface area contributed by atoms with Gasteiger partial charge < -0.3 is 19.8 Å². The van der Waals surface area contributed by atoms with E-state index in [9.17, 15) is 4.79 Å². The van der Waals surface area contributed by atoms with Crippen molar-refractivity contribution in [1.82, 2.24) is 0 Å². The molecule has 0 radical (unpaired) electrons. The zero-order chi connectivity index (χ0) is 23.8. The van der Waals surface area contributed by atoms with Crippen molar-refractivity contribution in [3.63, 3.8) is 0 Å². The minimum Gasteiger partial charge on any atom is -0.488 e. The number of hydrogen-bond donors (Lipinski definition) is 1. The molecule has 5 nitrogen and oxygen atoms in total. The average molecular weight is 443 g/mol. The number of carbonyl (C=O) groups is 1. The summed E-state index contributed by atoms with van der Waals surface area (Å²) in [6.07, 6.45) is 0. The molecule has 4 rings (SSSR count). The maximum Gasteiger partial charge on any atom is 0.494 e. The number of ether oxygens (including phenoxy) is 1. The molecule has 0 atom stereocenters. The van der Waals surface area contributed by atoms with Crippen LogP contribution in [0.2, 0.25) is 0 Å². The highest BCUT2D eigenvalue weighted by Gasteiger charge is 2.51. The highest BCUT2D eigenvalue weighted by Crippen LogP contribution is 2.38. The van der Waals surface area contributed by atoms with Crippen molar-refractivity contribution in [2.75, 3.05) is 0 Å². The number of nitrogens with two attached hydrogens (primary N) is 1. The van der Waals surface area contributed by atoms with Crippen LogP contribution in [0.5, 0.6) is 5.75 Å². The second-order valence-electron chi connectivity index (χ2n) is 9.51. The Bertz CT molecular complexity index is 1160. The molecule has 170 valence electrons. The topological polar surface area (TPSA) is 70.8 Å². The Labute approximate surface area is 196 Å². The fraction of sp³-hybridized carbons (Fsp3) is 0.296. The Morgan fingerprint density at radius 1 is 0.909 bits per heavy atom. The Kier molecular flexibility index (Phi) is 6.08. The largest absolute Gasteiger partial charge is 0.494 e. The van der Waals surface area contributed by atoms with Gasteiger partial charge in [-0.15, -0.1) is 0 Å². The molecule has 3 aromatic carbocycles. The highest BCUT2D eigenvalue weighted by atomic mass is 16.7. The molecule has 1 saturated heterocycles. The molecule has 1 aliphatic rings. The Morgan fingerprint density at radius 2 is 1.58 bits per heavy atom. The van der Waals surface area contributed by atoms with Crippen molar-refractivity contribution in [2.24, 2.45) is 5.73 Å². The molecule has 0 unspecified atom stereocenters. The molecule has 3 aromatic rings. The normalized spacial score (nSPS) is 16.6. The van der Waals surface area contributed by atoms with Gasteiger partial charge in [-0.2, -0.15) is 0 Å². The first-order valence-corrected chi connectivity index (χ1v) is 11.1. The summed E-state index contributed by atoms with van der Waals surface area (Å²) in [5.41, 5.74) is 9.90. The Morgan fingerprint density at radius 3 is 2.21 bits per heavy atom. The van der Waals surface area contributed by atoms with Gasteiger partial charge in [0.25, 0.3) is 0 Å². The number of carbonyl (C=O) groups excluding carboxylic acids is 1. The second-order valence-corrected chi connectivity index (χ2v) is 9.51. The third-order valence-electron chi connectivity index (χ3n) is 6.58. The molecule has 1 fully saturated rings. The van der Waals surface area contributed by atoms with Crippen LogP contribution in [0.4, 0.5) is 0 Å². The van der Waals surface area contributed by atoms with E-state index >= 15 is 0 Å². The standard InChI is InChI=1S/C27H30BNO4/c1-18-11-13-21(28-32-26(2,3)27(4,5)33-28)16-22(18)23-15-20(25(29)30)12-14-24(23)31-17-19-9-7-6-8-10-19/h6-16H,17H2,1-5H3,(H2,29,30). The van der Waals surface area contributed by atoms with Gasteiger partial charge in [0.1, 0.15) is 12.4 Å². The van der Waals surface area contributed by atoms with Gasteiger partial charge in [-0.3, -0.25) is 4.79 Å². The first-order chi connectivity index (χ1) is 15.6. The summed E-state index contributed by atoms with van der Waals surface area (Å²) >= 11 is 0. The molecular weight excluding hydrogens is 413 g/mol. The van der Waals surface area contributed by atoms with Gasteiger partial charge in [0.05, 0.1) is 11.2 Å². The van der Waals surface area contributed by atoms with Crippen molar-refractivity contribution in [3.8, 4) is 16.9 Å². The van der Waals surface area contributed by atoms with Crippen LogP contribution in [0.25, 0.3) is 11.1 Å². The van der Waals surface area contributed by atoms with E-state index in [-0.39, 0.29) is 0 Å². The van der Waals surface area contributed by atoms with Crippen LogP contribution in [0.1, 0.15) is 49.2 Å². The van der Waals surface area contributed by atoms with E-state index < -0.39 is 24.2 Å². The van der Waals surface area contributed by atoms with Crippen molar-refractivity contribution in [3.05, 3.63) is 83.4 Å². The zero-order valence-electron chi connectivity index (χ0n) is 19.8. The van der Waals surface area contributed by atoms with Crippen LogP contribution in [-0.4, -0.2) is 24.2 Å². The van der Waals surface area contributed by atoms with Gasteiger partial charge in [-0.25, -0.2) is 0 Å². The lowest BCUT2D eigenvalue weighted by molar-refractivity contribution is 0.00578. The number of primary amides is 1. The summed E-state index contributed by atoms with van der Waals surface area (Å²) in [5.74, 6) is 0.198. The summed E-state index contributed by atoms with van der Waals surface area (Å²) in [4.78, 5) is 11.9. The van der Waals surface area contributed by atoms with E-state index in [1.807, 2.05) is 83.1 Å². The second kappa shape index (κ2) is 8.69. The first-order valence-electron chi connectivity index (χ1n) is 11.1. The van der Waals surface area contributed by atoms with Gasteiger partial charge >= 0.3 is 7.12 Å². The van der Waals surface area contributed by atoms with E-state index in [0.29, 0.717) is 17.9 Å². The molecule has 33 heavy (non-hydrogen) atoms. The van der Waals surface area contributed by atoms with Crippen LogP contribution in [0, 0.1) is 6.92 Å². The predicted molar refractivity (Wildman–Crippen MR) is 132 cm³/mol. The van der Waals surface area contributed by atoms with E-state index in [1.54, 1.807) is 18.2 Å². The number of rotatable bonds is 6. The van der Waals surface area contributed by atoms with Crippen molar-refractivity contribution in [1.29, 1.82) is 0 Å². The Hall–Kier alpha value is -3.09. The minimum absolute atomic E-state index is 0.416. The van der Waals surface area contributed by atoms with Crippen LogP contribution >= 0.6 is 0 Å². The van der Waals surface area contributed by atoms with Crippen LogP contribution in [0.15, 0.2) is 66.7 Å². The van der Waals surface area contributed by atoms with E-state index in [2.05, 4.69) is 0 Å². The Balaban J connectivity index is 1.73. The maximum absolute atomic E-state index is 11.9. The molecule has 0 aliphatic carbocycles. The zero-order valence-corrected chi connectivity index (χ0v) is 19.8. The maximum atomic E-state index is 11.9. The van der Waals surface area contributed by atoms with E-state index in [0.717, 1.165) is 27.7 Å². The molecule has 0 aromatic heterocycles. The number of amides is 1. The average Bonchev–Trinajstić information content (AvgIpc) is 3.00. The van der Waals surface area contributed by atoms with Gasteiger partial charge in [-0.05, 0) is 75.0 Å². The van der Waals surface area contributed by atoms with E-state index in [4.69, 9.17) is 19.8 Å². The molecular formula is C27H30BNO4. The third kappa shape index (κ3) is 4.68. The van der Waals surface area contributed by atoms with Crippen molar-refractivity contribution in [2.45, 2.75) is 52.4 Å². The minimum atomic E-state index is -0.484. The number of aryl methyl sites for hydroxylation is 1. The summed E-state index contributed by atoms with van der Waals surface area (Å²) in [5, 5.41) is 0. The quantitative estimate of drug-likeness (QED) is 0.564. The van der Waals surface area contributed by atoms with Crippen molar-refractivity contribution < 1.29 is 18.8 Å². The fourth-order valence-corrected chi connectivity index (χ4v) is 3.81. The van der Waals surface area contributed by atoms with Crippen LogP contribution in [0.3, 0.4) is 0 Å². The van der Waals surface area contributed by atoms with Crippen LogP contribution < -0.4 is 15.9 Å². The molecule has 6 heteroatoms. The molecule has 1 amide bonds. The summed E-state index contributed by atoms with van der Waals surface area (Å²) in [6.45, 7) is 10.6. The third-order valence-corrected chi connectivity index (χ3v) is 6.58. The first kappa shape index (κ1) is 23.1. The lowest BCUT2D eigenvalue weighted by Crippen LogP contribution is -2.41. The van der Waals surface area contributed by atoms with E-state index in [1.165, 1.54) is 0 Å². The monoisotopic (exact) mass is 443 g/mol. The molecule has 0 saturated carbocycles. The fourth-order valence-electron chi connectivity index (χ4n) is 3.81. The van der Waals surface area contributed by atoms with Gasteiger partial charge in [0.15, 0.2) is 0 Å². The summed E-state index contributed by atoms with van der Waals surface area (Å²) in [6, 6.07) is 21.4. The van der Waals surface area contributed by atoms with Gasteiger partial charge in [0.2, 0.25) is 5.91 Å².